The quantitative estimate of drug-likeness (QED) is 0.884. The number of nitrogens with zero attached hydrogens (tertiary/aromatic N) is 1. The number of halogens is 2. The van der Waals surface area contributed by atoms with E-state index in [0.717, 1.165) is 4.47 Å². The second-order valence-electron chi connectivity index (χ2n) is 3.81. The SMILES string of the molecule is O=C(O)c1ccnc(NC(=O)c2ccc(Br)cc2Cl)c1. The fourth-order valence-corrected chi connectivity index (χ4v) is 2.25. The van der Waals surface area contributed by atoms with E-state index in [1.165, 1.54) is 18.3 Å². The van der Waals surface area contributed by atoms with Crippen molar-refractivity contribution in [3.8, 4) is 0 Å². The molecule has 0 bridgehead atoms. The minimum atomic E-state index is -1.09. The zero-order valence-corrected chi connectivity index (χ0v) is 12.3. The van der Waals surface area contributed by atoms with E-state index in [1.54, 1.807) is 18.2 Å². The first-order valence-electron chi connectivity index (χ1n) is 5.43. The van der Waals surface area contributed by atoms with Gasteiger partial charge in [0.05, 0.1) is 16.1 Å². The van der Waals surface area contributed by atoms with Gasteiger partial charge in [0, 0.05) is 10.7 Å². The van der Waals surface area contributed by atoms with Crippen molar-refractivity contribution in [3.05, 3.63) is 57.2 Å². The van der Waals surface area contributed by atoms with E-state index in [4.69, 9.17) is 16.7 Å². The Bertz CT molecular complexity index is 691. The number of rotatable bonds is 3. The van der Waals surface area contributed by atoms with E-state index >= 15 is 0 Å². The molecule has 2 N–H and O–H groups in total. The molecule has 20 heavy (non-hydrogen) atoms. The summed E-state index contributed by atoms with van der Waals surface area (Å²) in [5, 5.41) is 11.7. The molecule has 1 heterocycles. The van der Waals surface area contributed by atoms with Gasteiger partial charge < -0.3 is 10.4 Å². The Balaban J connectivity index is 2.23. The number of benzene rings is 1. The minimum Gasteiger partial charge on any atom is -0.478 e. The highest BCUT2D eigenvalue weighted by atomic mass is 79.9. The Hall–Kier alpha value is -1.92. The number of amides is 1. The largest absolute Gasteiger partial charge is 0.478 e. The summed E-state index contributed by atoms with van der Waals surface area (Å²) in [4.78, 5) is 26.7. The summed E-state index contributed by atoms with van der Waals surface area (Å²) in [5.41, 5.74) is 0.314. The van der Waals surface area contributed by atoms with Gasteiger partial charge in [-0.05, 0) is 30.3 Å². The number of anilines is 1. The first-order chi connectivity index (χ1) is 9.47. The Morgan fingerprint density at radius 2 is 2.00 bits per heavy atom. The highest BCUT2D eigenvalue weighted by molar-refractivity contribution is 9.10. The van der Waals surface area contributed by atoms with Gasteiger partial charge in [-0.15, -0.1) is 0 Å². The predicted octanol–water partition coefficient (Wildman–Crippen LogP) is 3.45. The van der Waals surface area contributed by atoms with Crippen molar-refractivity contribution >= 4 is 45.2 Å². The lowest BCUT2D eigenvalue weighted by Crippen LogP contribution is -2.14. The molecule has 2 aromatic rings. The Morgan fingerprint density at radius 1 is 1.25 bits per heavy atom. The van der Waals surface area contributed by atoms with E-state index in [-0.39, 0.29) is 22.0 Å². The Morgan fingerprint density at radius 3 is 2.65 bits per heavy atom. The van der Waals surface area contributed by atoms with Crippen LogP contribution in [0, 0.1) is 0 Å². The third-order valence-corrected chi connectivity index (χ3v) is 3.23. The number of pyridine rings is 1. The van der Waals surface area contributed by atoms with Crippen LogP contribution in [-0.2, 0) is 0 Å². The van der Waals surface area contributed by atoms with Gasteiger partial charge in [-0.1, -0.05) is 27.5 Å². The Labute approximate surface area is 127 Å². The predicted molar refractivity (Wildman–Crippen MR) is 78.3 cm³/mol. The molecule has 2 rings (SSSR count). The van der Waals surface area contributed by atoms with E-state index in [1.807, 2.05) is 0 Å². The maximum Gasteiger partial charge on any atom is 0.335 e. The lowest BCUT2D eigenvalue weighted by atomic mass is 10.2. The topological polar surface area (TPSA) is 79.3 Å². The number of carbonyl (C=O) groups is 2. The van der Waals surface area contributed by atoms with Crippen LogP contribution in [0.1, 0.15) is 20.7 Å². The molecule has 1 amide bonds. The smallest absolute Gasteiger partial charge is 0.335 e. The number of carboxylic acids is 1. The van der Waals surface area contributed by atoms with E-state index < -0.39 is 11.9 Å². The zero-order chi connectivity index (χ0) is 14.7. The van der Waals surface area contributed by atoms with Crippen LogP contribution >= 0.6 is 27.5 Å². The number of nitrogens with one attached hydrogen (secondary N) is 1. The number of carbonyl (C=O) groups excluding carboxylic acids is 1. The van der Waals surface area contributed by atoms with Crippen molar-refractivity contribution < 1.29 is 14.7 Å². The molecule has 0 atom stereocenters. The van der Waals surface area contributed by atoms with Crippen LogP contribution in [0.4, 0.5) is 5.82 Å². The van der Waals surface area contributed by atoms with Crippen molar-refractivity contribution in [1.82, 2.24) is 4.98 Å². The van der Waals surface area contributed by atoms with Crippen LogP contribution in [0.5, 0.6) is 0 Å². The molecule has 0 fully saturated rings. The van der Waals surface area contributed by atoms with Crippen molar-refractivity contribution in [3.63, 3.8) is 0 Å². The van der Waals surface area contributed by atoms with Crippen molar-refractivity contribution in [2.45, 2.75) is 0 Å². The van der Waals surface area contributed by atoms with Crippen molar-refractivity contribution in [1.29, 1.82) is 0 Å². The second-order valence-corrected chi connectivity index (χ2v) is 5.14. The van der Waals surface area contributed by atoms with Crippen LogP contribution in [0.2, 0.25) is 5.02 Å². The molecule has 1 aromatic carbocycles. The maximum absolute atomic E-state index is 12.0. The highest BCUT2D eigenvalue weighted by Crippen LogP contribution is 2.22. The molecule has 1 aromatic heterocycles. The summed E-state index contributed by atoms with van der Waals surface area (Å²) in [6.45, 7) is 0. The first-order valence-corrected chi connectivity index (χ1v) is 6.60. The summed E-state index contributed by atoms with van der Waals surface area (Å²) in [7, 11) is 0. The van der Waals surface area contributed by atoms with Gasteiger partial charge in [0.15, 0.2) is 0 Å². The van der Waals surface area contributed by atoms with E-state index in [0.29, 0.717) is 0 Å². The third kappa shape index (κ3) is 3.34. The van der Waals surface area contributed by atoms with Crippen LogP contribution in [-0.4, -0.2) is 22.0 Å². The Kier molecular flexibility index (Phi) is 4.36. The standard InChI is InChI=1S/C13H8BrClN2O3/c14-8-1-2-9(10(15)6-8)12(18)17-11-5-7(13(19)20)3-4-16-11/h1-6H,(H,19,20)(H,16,17,18). The molecule has 0 radical (unpaired) electrons. The molecule has 0 aliphatic carbocycles. The molecule has 0 spiro atoms. The summed E-state index contributed by atoms with van der Waals surface area (Å²) in [6, 6.07) is 7.44. The molecule has 0 aliphatic rings. The molecule has 0 aliphatic heterocycles. The number of hydrogen-bond donors (Lipinski definition) is 2. The fraction of sp³-hybridized carbons (Fsp3) is 0. The zero-order valence-electron chi connectivity index (χ0n) is 9.93. The highest BCUT2D eigenvalue weighted by Gasteiger charge is 2.12. The lowest BCUT2D eigenvalue weighted by molar-refractivity contribution is 0.0696. The average Bonchev–Trinajstić information content (AvgIpc) is 2.38. The molecule has 0 unspecified atom stereocenters. The van der Waals surface area contributed by atoms with Crippen LogP contribution < -0.4 is 5.32 Å². The molecular formula is C13H8BrClN2O3. The van der Waals surface area contributed by atoms with Gasteiger partial charge in [0.25, 0.3) is 5.91 Å². The second kappa shape index (κ2) is 6.02. The van der Waals surface area contributed by atoms with Crippen molar-refractivity contribution in [2.24, 2.45) is 0 Å². The van der Waals surface area contributed by atoms with Crippen LogP contribution in [0.25, 0.3) is 0 Å². The average molecular weight is 356 g/mol. The molecule has 7 heteroatoms. The molecule has 5 nitrogen and oxygen atoms in total. The van der Waals surface area contributed by atoms with Crippen molar-refractivity contribution in [2.75, 3.05) is 5.32 Å². The molecule has 0 saturated heterocycles. The summed E-state index contributed by atoms with van der Waals surface area (Å²) < 4.78 is 0.755. The van der Waals surface area contributed by atoms with Gasteiger partial charge in [-0.2, -0.15) is 0 Å². The number of hydrogen-bond acceptors (Lipinski definition) is 3. The number of aromatic nitrogens is 1. The maximum atomic E-state index is 12.0. The minimum absolute atomic E-state index is 0.0391. The monoisotopic (exact) mass is 354 g/mol. The van der Waals surface area contributed by atoms with E-state index in [9.17, 15) is 9.59 Å². The molecule has 102 valence electrons. The fourth-order valence-electron chi connectivity index (χ4n) is 1.49. The van der Waals surface area contributed by atoms with E-state index in [2.05, 4.69) is 26.2 Å². The van der Waals surface area contributed by atoms with Gasteiger partial charge in [-0.3, -0.25) is 4.79 Å². The molecule has 0 saturated carbocycles. The first kappa shape index (κ1) is 14.5. The van der Waals surface area contributed by atoms with Gasteiger partial charge in [0.1, 0.15) is 5.82 Å². The summed E-state index contributed by atoms with van der Waals surface area (Å²) >= 11 is 9.21. The van der Waals surface area contributed by atoms with Gasteiger partial charge >= 0.3 is 5.97 Å². The number of carboxylic acid groups (broad SMARTS) is 1. The summed E-state index contributed by atoms with van der Waals surface area (Å²) in [5.74, 6) is -1.41. The third-order valence-electron chi connectivity index (χ3n) is 2.42. The van der Waals surface area contributed by atoms with Gasteiger partial charge in [-0.25, -0.2) is 9.78 Å². The van der Waals surface area contributed by atoms with Gasteiger partial charge in [0.2, 0.25) is 0 Å². The normalized spacial score (nSPS) is 10.1. The van der Waals surface area contributed by atoms with Crippen LogP contribution in [0.3, 0.4) is 0 Å². The number of aromatic carboxylic acids is 1. The molecular weight excluding hydrogens is 348 g/mol. The van der Waals surface area contributed by atoms with Crippen LogP contribution in [0.15, 0.2) is 41.0 Å². The summed E-state index contributed by atoms with van der Waals surface area (Å²) in [6.07, 6.45) is 1.31. The lowest BCUT2D eigenvalue weighted by Gasteiger charge is -2.07.